The number of methoxy groups -OCH3 is 2. The van der Waals surface area contributed by atoms with Crippen LogP contribution in [0.15, 0.2) is 12.1 Å². The van der Waals surface area contributed by atoms with Crippen LogP contribution in [0.25, 0.3) is 0 Å². The van der Waals surface area contributed by atoms with Crippen molar-refractivity contribution in [2.75, 3.05) is 20.8 Å². The highest BCUT2D eigenvalue weighted by atomic mass is 16.5. The Morgan fingerprint density at radius 1 is 1.00 bits per heavy atom. The van der Waals surface area contributed by atoms with Crippen LogP contribution in [0, 0.1) is 5.41 Å². The Morgan fingerprint density at radius 2 is 1.47 bits per heavy atom. The van der Waals surface area contributed by atoms with Crippen LogP contribution >= 0.6 is 0 Å². The van der Waals surface area contributed by atoms with Crippen molar-refractivity contribution in [2.24, 2.45) is 5.41 Å². The number of rotatable bonds is 5. The summed E-state index contributed by atoms with van der Waals surface area (Å²) in [5, 5.41) is 0. The van der Waals surface area contributed by atoms with Crippen LogP contribution in [-0.2, 0) is 0 Å². The van der Waals surface area contributed by atoms with Gasteiger partial charge < -0.3 is 14.2 Å². The van der Waals surface area contributed by atoms with Gasteiger partial charge in [-0.2, -0.15) is 0 Å². The molecule has 19 heavy (non-hydrogen) atoms. The average Bonchev–Trinajstić information content (AvgIpc) is 2.33. The molecule has 3 nitrogen and oxygen atoms in total. The van der Waals surface area contributed by atoms with Crippen molar-refractivity contribution in [3.8, 4) is 17.2 Å². The quantitative estimate of drug-likeness (QED) is 0.797. The summed E-state index contributed by atoms with van der Waals surface area (Å²) in [4.78, 5) is 0. The minimum Gasteiger partial charge on any atom is -0.496 e. The molecule has 0 aliphatic carbocycles. The fraction of sp³-hybridized carbons (Fsp3) is 0.625. The van der Waals surface area contributed by atoms with Crippen molar-refractivity contribution in [2.45, 2.75) is 40.5 Å². The van der Waals surface area contributed by atoms with Gasteiger partial charge in [0.1, 0.15) is 17.2 Å². The fourth-order valence-electron chi connectivity index (χ4n) is 1.87. The number of benzene rings is 1. The van der Waals surface area contributed by atoms with Crippen LogP contribution in [0.5, 0.6) is 17.2 Å². The van der Waals surface area contributed by atoms with Crippen molar-refractivity contribution < 1.29 is 14.2 Å². The van der Waals surface area contributed by atoms with Crippen molar-refractivity contribution in [3.63, 3.8) is 0 Å². The Kier molecular flexibility index (Phi) is 5.10. The van der Waals surface area contributed by atoms with E-state index in [-0.39, 0.29) is 5.41 Å². The van der Waals surface area contributed by atoms with Crippen molar-refractivity contribution in [1.82, 2.24) is 0 Å². The maximum atomic E-state index is 5.83. The summed E-state index contributed by atoms with van der Waals surface area (Å²) < 4.78 is 16.8. The molecule has 0 saturated carbocycles. The van der Waals surface area contributed by atoms with Gasteiger partial charge in [-0.1, -0.05) is 34.6 Å². The zero-order valence-corrected chi connectivity index (χ0v) is 13.2. The summed E-state index contributed by atoms with van der Waals surface area (Å²) >= 11 is 0. The van der Waals surface area contributed by atoms with Gasteiger partial charge in [-0.3, -0.25) is 0 Å². The minimum atomic E-state index is 0.122. The fourth-order valence-corrected chi connectivity index (χ4v) is 1.87. The van der Waals surface area contributed by atoms with E-state index in [0.29, 0.717) is 12.5 Å². The third-order valence-electron chi connectivity index (χ3n) is 2.77. The van der Waals surface area contributed by atoms with E-state index in [0.717, 1.165) is 22.8 Å². The van der Waals surface area contributed by atoms with E-state index in [1.807, 2.05) is 12.1 Å². The molecule has 1 aromatic rings. The Balaban J connectivity index is 3.09. The molecular formula is C16H26O3. The highest BCUT2D eigenvalue weighted by Crippen LogP contribution is 2.39. The SMILES string of the molecule is COc1cc(OCC(C)(C)C)cc(OC)c1C(C)C. The van der Waals surface area contributed by atoms with E-state index < -0.39 is 0 Å². The highest BCUT2D eigenvalue weighted by Gasteiger charge is 2.17. The van der Waals surface area contributed by atoms with Crippen molar-refractivity contribution in [3.05, 3.63) is 17.7 Å². The second-order valence-corrected chi connectivity index (χ2v) is 6.25. The molecule has 0 aromatic heterocycles. The van der Waals surface area contributed by atoms with Crippen LogP contribution in [0.2, 0.25) is 0 Å². The smallest absolute Gasteiger partial charge is 0.129 e. The van der Waals surface area contributed by atoms with E-state index in [9.17, 15) is 0 Å². The molecule has 0 spiro atoms. The lowest BCUT2D eigenvalue weighted by Crippen LogP contribution is -2.17. The molecule has 0 N–H and O–H groups in total. The van der Waals surface area contributed by atoms with E-state index >= 15 is 0 Å². The van der Waals surface area contributed by atoms with Gasteiger partial charge >= 0.3 is 0 Å². The molecule has 0 heterocycles. The summed E-state index contributed by atoms with van der Waals surface area (Å²) in [6, 6.07) is 3.87. The maximum absolute atomic E-state index is 5.83. The predicted octanol–water partition coefficient (Wildman–Crippen LogP) is 4.25. The highest BCUT2D eigenvalue weighted by molar-refractivity contribution is 5.52. The zero-order valence-electron chi connectivity index (χ0n) is 13.2. The summed E-state index contributed by atoms with van der Waals surface area (Å²) in [5.74, 6) is 2.76. The van der Waals surface area contributed by atoms with Gasteiger partial charge in [0, 0.05) is 17.7 Å². The van der Waals surface area contributed by atoms with E-state index in [2.05, 4.69) is 34.6 Å². The molecule has 0 aliphatic heterocycles. The van der Waals surface area contributed by atoms with Crippen molar-refractivity contribution in [1.29, 1.82) is 0 Å². The van der Waals surface area contributed by atoms with E-state index in [1.165, 1.54) is 0 Å². The van der Waals surface area contributed by atoms with Gasteiger partial charge in [0.05, 0.1) is 20.8 Å². The third kappa shape index (κ3) is 4.34. The van der Waals surface area contributed by atoms with Gasteiger partial charge in [-0.25, -0.2) is 0 Å². The largest absolute Gasteiger partial charge is 0.496 e. The molecule has 1 aromatic carbocycles. The first-order valence-electron chi connectivity index (χ1n) is 6.67. The summed E-state index contributed by atoms with van der Waals surface area (Å²) in [6.07, 6.45) is 0. The average molecular weight is 266 g/mol. The van der Waals surface area contributed by atoms with Crippen LogP contribution < -0.4 is 14.2 Å². The van der Waals surface area contributed by atoms with E-state index in [1.54, 1.807) is 14.2 Å². The summed E-state index contributed by atoms with van der Waals surface area (Å²) in [5.41, 5.74) is 1.20. The van der Waals surface area contributed by atoms with Gasteiger partial charge in [0.25, 0.3) is 0 Å². The molecule has 1 rings (SSSR count). The van der Waals surface area contributed by atoms with Gasteiger partial charge in [0.15, 0.2) is 0 Å². The topological polar surface area (TPSA) is 27.7 Å². The zero-order chi connectivity index (χ0) is 14.6. The molecule has 0 atom stereocenters. The molecule has 108 valence electrons. The lowest BCUT2D eigenvalue weighted by atomic mass is 9.98. The van der Waals surface area contributed by atoms with Crippen LogP contribution in [0.4, 0.5) is 0 Å². The molecular weight excluding hydrogens is 240 g/mol. The first-order chi connectivity index (χ1) is 8.78. The standard InChI is InChI=1S/C16H26O3/c1-11(2)15-13(17-6)8-12(9-14(15)18-7)19-10-16(3,4)5/h8-9,11H,10H2,1-7H3. The lowest BCUT2D eigenvalue weighted by Gasteiger charge is -2.21. The molecule has 0 unspecified atom stereocenters. The molecule has 0 radical (unpaired) electrons. The Bertz CT molecular complexity index is 391. The lowest BCUT2D eigenvalue weighted by molar-refractivity contribution is 0.196. The second kappa shape index (κ2) is 6.18. The monoisotopic (exact) mass is 266 g/mol. The number of ether oxygens (including phenoxy) is 3. The van der Waals surface area contributed by atoms with Crippen LogP contribution in [0.1, 0.15) is 46.1 Å². The first-order valence-corrected chi connectivity index (χ1v) is 6.67. The predicted molar refractivity (Wildman–Crippen MR) is 78.6 cm³/mol. The van der Waals surface area contributed by atoms with Gasteiger partial charge in [0.2, 0.25) is 0 Å². The minimum absolute atomic E-state index is 0.122. The molecule has 0 amide bonds. The summed E-state index contributed by atoms with van der Waals surface area (Å²) in [7, 11) is 3.35. The van der Waals surface area contributed by atoms with Crippen LogP contribution in [-0.4, -0.2) is 20.8 Å². The Morgan fingerprint density at radius 3 is 1.79 bits per heavy atom. The van der Waals surface area contributed by atoms with E-state index in [4.69, 9.17) is 14.2 Å². The Hall–Kier alpha value is -1.38. The molecule has 3 heteroatoms. The second-order valence-electron chi connectivity index (χ2n) is 6.25. The maximum Gasteiger partial charge on any atom is 0.129 e. The summed E-state index contributed by atoms with van der Waals surface area (Å²) in [6.45, 7) is 11.3. The molecule has 0 fully saturated rings. The third-order valence-corrected chi connectivity index (χ3v) is 2.77. The number of hydrogen-bond donors (Lipinski definition) is 0. The van der Waals surface area contributed by atoms with Gasteiger partial charge in [-0.05, 0) is 11.3 Å². The Labute approximate surface area is 116 Å². The van der Waals surface area contributed by atoms with Crippen molar-refractivity contribution >= 4 is 0 Å². The normalized spacial score (nSPS) is 11.6. The molecule has 0 aliphatic rings. The number of hydrogen-bond acceptors (Lipinski definition) is 3. The molecule has 0 saturated heterocycles. The van der Waals surface area contributed by atoms with Crippen LogP contribution in [0.3, 0.4) is 0 Å². The van der Waals surface area contributed by atoms with Gasteiger partial charge in [-0.15, -0.1) is 0 Å². The first kappa shape index (κ1) is 15.7. The molecule has 0 bridgehead atoms.